The minimum Gasteiger partial charge on any atom is -0.489 e. The molecular formula is C18H16O3. The zero-order valence-electron chi connectivity index (χ0n) is 12.0. The van der Waals surface area contributed by atoms with Crippen LogP contribution in [0, 0.1) is 12.8 Å². The van der Waals surface area contributed by atoms with E-state index in [2.05, 4.69) is 0 Å². The monoisotopic (exact) mass is 280 g/mol. The van der Waals surface area contributed by atoms with Crippen molar-refractivity contribution in [1.29, 1.82) is 0 Å². The van der Waals surface area contributed by atoms with Gasteiger partial charge in [-0.05, 0) is 26.0 Å². The van der Waals surface area contributed by atoms with Crippen LogP contribution in [-0.4, -0.2) is 17.7 Å². The van der Waals surface area contributed by atoms with Gasteiger partial charge in [0.25, 0.3) is 0 Å². The zero-order valence-corrected chi connectivity index (χ0v) is 12.0. The smallest absolute Gasteiger partial charge is 0.181 e. The second-order valence-electron chi connectivity index (χ2n) is 5.39. The molecule has 1 aliphatic heterocycles. The maximum Gasteiger partial charge on any atom is 0.181 e. The Morgan fingerprint density at radius 1 is 1.05 bits per heavy atom. The zero-order chi connectivity index (χ0) is 15.0. The summed E-state index contributed by atoms with van der Waals surface area (Å²) in [6.45, 7) is 3.73. The molecule has 0 bridgehead atoms. The molecule has 3 rings (SSSR count). The van der Waals surface area contributed by atoms with Crippen molar-refractivity contribution in [3.8, 4) is 5.75 Å². The molecule has 3 nitrogen and oxygen atoms in total. The Balaban J connectivity index is 1.97. The molecule has 0 radical (unpaired) electrons. The lowest BCUT2D eigenvalue weighted by atomic mass is 9.84. The molecule has 21 heavy (non-hydrogen) atoms. The van der Waals surface area contributed by atoms with Gasteiger partial charge in [0.15, 0.2) is 11.6 Å². The minimum atomic E-state index is -0.775. The summed E-state index contributed by atoms with van der Waals surface area (Å²) < 4.78 is 5.74. The lowest BCUT2D eigenvalue weighted by molar-refractivity contribution is 0.0606. The molecule has 1 heterocycles. The van der Waals surface area contributed by atoms with E-state index in [1.807, 2.05) is 25.1 Å². The molecule has 3 heteroatoms. The maximum absolute atomic E-state index is 12.6. The summed E-state index contributed by atoms with van der Waals surface area (Å²) in [6.07, 6.45) is -0.457. The van der Waals surface area contributed by atoms with Gasteiger partial charge in [-0.1, -0.05) is 42.0 Å². The number of ketones is 2. The molecular weight excluding hydrogens is 264 g/mol. The molecule has 0 saturated heterocycles. The fourth-order valence-corrected chi connectivity index (χ4v) is 2.65. The van der Waals surface area contributed by atoms with Crippen molar-refractivity contribution in [2.24, 2.45) is 5.92 Å². The summed E-state index contributed by atoms with van der Waals surface area (Å²) in [5, 5.41) is 0. The fraction of sp³-hybridized carbons (Fsp3) is 0.222. The summed E-state index contributed by atoms with van der Waals surface area (Å²) in [7, 11) is 0. The number of carbonyl (C=O) groups is 2. The highest BCUT2D eigenvalue weighted by atomic mass is 16.5. The van der Waals surface area contributed by atoms with E-state index in [4.69, 9.17) is 4.74 Å². The van der Waals surface area contributed by atoms with Gasteiger partial charge >= 0.3 is 0 Å². The van der Waals surface area contributed by atoms with E-state index >= 15 is 0 Å². The van der Waals surface area contributed by atoms with Gasteiger partial charge in [0, 0.05) is 5.56 Å². The van der Waals surface area contributed by atoms with Gasteiger partial charge in [-0.15, -0.1) is 0 Å². The lowest BCUT2D eigenvalue weighted by Gasteiger charge is -2.29. The van der Waals surface area contributed by atoms with E-state index in [1.165, 1.54) is 0 Å². The van der Waals surface area contributed by atoms with Crippen LogP contribution in [0.25, 0.3) is 0 Å². The van der Waals surface area contributed by atoms with Crippen LogP contribution in [0.15, 0.2) is 48.5 Å². The van der Waals surface area contributed by atoms with Crippen LogP contribution < -0.4 is 4.74 Å². The van der Waals surface area contributed by atoms with E-state index < -0.39 is 12.0 Å². The number of ether oxygens (including phenoxy) is 1. The lowest BCUT2D eigenvalue weighted by Crippen LogP contribution is -2.40. The predicted molar refractivity (Wildman–Crippen MR) is 79.9 cm³/mol. The Bertz CT molecular complexity index is 701. The minimum absolute atomic E-state index is 0.157. The first-order valence-corrected chi connectivity index (χ1v) is 6.98. The molecule has 0 saturated carbocycles. The van der Waals surface area contributed by atoms with Gasteiger partial charge in [0.1, 0.15) is 17.8 Å². The standard InChI is InChI=1S/C18H16O3/c1-11-7-9-13(10-8-11)17(19)16-12(2)21-15-6-4-3-5-14(15)18(16)20/h3-10,12,16H,1-2H3/t12-,16?/m0/s1. The van der Waals surface area contributed by atoms with Crippen LogP contribution in [0.2, 0.25) is 0 Å². The van der Waals surface area contributed by atoms with Crippen molar-refractivity contribution in [2.45, 2.75) is 20.0 Å². The summed E-state index contributed by atoms with van der Waals surface area (Å²) in [5.41, 5.74) is 2.12. The van der Waals surface area contributed by atoms with E-state index in [9.17, 15) is 9.59 Å². The Kier molecular flexibility index (Phi) is 3.34. The molecule has 1 unspecified atom stereocenters. The molecule has 2 aromatic rings. The average molecular weight is 280 g/mol. The molecule has 1 aliphatic rings. The first-order chi connectivity index (χ1) is 10.1. The van der Waals surface area contributed by atoms with Crippen LogP contribution in [0.4, 0.5) is 0 Å². The van der Waals surface area contributed by atoms with Crippen LogP contribution in [0.3, 0.4) is 0 Å². The molecule has 0 fully saturated rings. The molecule has 0 aromatic heterocycles. The highest BCUT2D eigenvalue weighted by Crippen LogP contribution is 2.32. The number of aryl methyl sites for hydroxylation is 1. The number of para-hydroxylation sites is 1. The molecule has 2 atom stereocenters. The highest BCUT2D eigenvalue weighted by molar-refractivity contribution is 6.18. The van der Waals surface area contributed by atoms with E-state index in [0.29, 0.717) is 16.9 Å². The Labute approximate surface area is 123 Å². The Hall–Kier alpha value is -2.42. The number of hydrogen-bond donors (Lipinski definition) is 0. The second kappa shape index (κ2) is 5.17. The summed E-state index contributed by atoms with van der Waals surface area (Å²) in [4.78, 5) is 25.2. The normalized spacial score (nSPS) is 20.6. The first-order valence-electron chi connectivity index (χ1n) is 6.98. The molecule has 0 amide bonds. The van der Waals surface area contributed by atoms with E-state index in [0.717, 1.165) is 5.56 Å². The van der Waals surface area contributed by atoms with Gasteiger partial charge in [0.2, 0.25) is 0 Å². The number of hydrogen-bond acceptors (Lipinski definition) is 3. The summed E-state index contributed by atoms with van der Waals surface area (Å²) in [5.74, 6) is -0.553. The third kappa shape index (κ3) is 2.35. The number of benzene rings is 2. The van der Waals surface area contributed by atoms with Crippen LogP contribution in [0.1, 0.15) is 33.2 Å². The molecule has 0 spiro atoms. The van der Waals surface area contributed by atoms with Gasteiger partial charge in [-0.2, -0.15) is 0 Å². The fourth-order valence-electron chi connectivity index (χ4n) is 2.65. The predicted octanol–water partition coefficient (Wildman–Crippen LogP) is 3.46. The highest BCUT2D eigenvalue weighted by Gasteiger charge is 2.39. The van der Waals surface area contributed by atoms with Crippen molar-refractivity contribution in [1.82, 2.24) is 0 Å². The molecule has 106 valence electrons. The average Bonchev–Trinajstić information content (AvgIpc) is 2.48. The van der Waals surface area contributed by atoms with Crippen LogP contribution in [0.5, 0.6) is 5.75 Å². The van der Waals surface area contributed by atoms with E-state index in [1.54, 1.807) is 37.3 Å². The molecule has 2 aromatic carbocycles. The van der Waals surface area contributed by atoms with Gasteiger partial charge in [-0.3, -0.25) is 9.59 Å². The number of fused-ring (bicyclic) bond motifs is 1. The summed E-state index contributed by atoms with van der Waals surface area (Å²) in [6, 6.07) is 14.3. The van der Waals surface area contributed by atoms with Crippen LogP contribution in [-0.2, 0) is 0 Å². The molecule has 0 aliphatic carbocycles. The van der Waals surface area contributed by atoms with Crippen molar-refractivity contribution < 1.29 is 14.3 Å². The SMILES string of the molecule is Cc1ccc(C(=O)C2C(=O)c3ccccc3O[C@H]2C)cc1. The van der Waals surface area contributed by atoms with Gasteiger partial charge in [-0.25, -0.2) is 0 Å². The quantitative estimate of drug-likeness (QED) is 0.625. The van der Waals surface area contributed by atoms with Crippen molar-refractivity contribution in [3.05, 3.63) is 65.2 Å². The topological polar surface area (TPSA) is 43.4 Å². The Morgan fingerprint density at radius 3 is 2.43 bits per heavy atom. The van der Waals surface area contributed by atoms with E-state index in [-0.39, 0.29) is 11.6 Å². The van der Waals surface area contributed by atoms with Crippen molar-refractivity contribution >= 4 is 11.6 Å². The maximum atomic E-state index is 12.6. The number of rotatable bonds is 2. The number of Topliss-reactive ketones (excluding diaryl/α,β-unsaturated/α-hetero) is 2. The van der Waals surface area contributed by atoms with Gasteiger partial charge < -0.3 is 4.74 Å². The first kappa shape index (κ1) is 13.6. The van der Waals surface area contributed by atoms with Crippen molar-refractivity contribution in [3.63, 3.8) is 0 Å². The molecule has 0 N–H and O–H groups in total. The Morgan fingerprint density at radius 2 is 1.71 bits per heavy atom. The third-order valence-electron chi connectivity index (χ3n) is 3.84. The van der Waals surface area contributed by atoms with Crippen LogP contribution >= 0.6 is 0 Å². The van der Waals surface area contributed by atoms with Crippen molar-refractivity contribution in [2.75, 3.05) is 0 Å². The third-order valence-corrected chi connectivity index (χ3v) is 3.84. The second-order valence-corrected chi connectivity index (χ2v) is 5.39. The van der Waals surface area contributed by atoms with Gasteiger partial charge in [0.05, 0.1) is 5.56 Å². The summed E-state index contributed by atoms with van der Waals surface area (Å²) >= 11 is 0. The largest absolute Gasteiger partial charge is 0.489 e. The number of carbonyl (C=O) groups excluding carboxylic acids is 2.